The highest BCUT2D eigenvalue weighted by Gasteiger charge is 2.45. The van der Waals surface area contributed by atoms with Crippen LogP contribution in [-0.4, -0.2) is 51.8 Å². The highest BCUT2D eigenvalue weighted by molar-refractivity contribution is 6.30. The first kappa shape index (κ1) is 17.4. The Labute approximate surface area is 157 Å². The first-order valence-corrected chi connectivity index (χ1v) is 9.29. The molecular formula is C19H22ClN3O3. The fourth-order valence-corrected chi connectivity index (χ4v) is 4.02. The molecule has 6 nitrogen and oxygen atoms in total. The summed E-state index contributed by atoms with van der Waals surface area (Å²) < 4.78 is 14.0. The highest BCUT2D eigenvalue weighted by atomic mass is 35.5. The van der Waals surface area contributed by atoms with Crippen LogP contribution in [0.3, 0.4) is 0 Å². The maximum Gasteiger partial charge on any atom is 0.242 e. The average molecular weight is 376 g/mol. The smallest absolute Gasteiger partial charge is 0.242 e. The number of aromatic nitrogens is 2. The Kier molecular flexibility index (Phi) is 4.87. The third-order valence-electron chi connectivity index (χ3n) is 5.04. The lowest BCUT2D eigenvalue weighted by Crippen LogP contribution is -2.51. The number of halogens is 1. The van der Waals surface area contributed by atoms with E-state index >= 15 is 0 Å². The predicted octanol–water partition coefficient (Wildman–Crippen LogP) is 2.77. The third kappa shape index (κ3) is 3.86. The van der Waals surface area contributed by atoms with Gasteiger partial charge in [-0.3, -0.25) is 4.79 Å². The Morgan fingerprint density at radius 3 is 3.19 bits per heavy atom. The van der Waals surface area contributed by atoms with Gasteiger partial charge in [0.15, 0.2) is 0 Å². The first-order chi connectivity index (χ1) is 12.6. The average Bonchev–Trinajstić information content (AvgIpc) is 3.26. The molecule has 0 N–H and O–H groups in total. The van der Waals surface area contributed by atoms with E-state index in [2.05, 4.69) is 4.98 Å². The summed E-state index contributed by atoms with van der Waals surface area (Å²) in [4.78, 5) is 18.5. The molecule has 26 heavy (non-hydrogen) atoms. The molecule has 3 heterocycles. The standard InChI is InChI=1S/C19H22ClN3O3/c20-15-3-1-4-16(9-15)26-17-10-19(25-12-17)5-2-7-23(13-19)18(24)11-22-8-6-21-14-22/h1,3-4,6,8-9,14,17H,2,5,7,10-13H2/t17-,19-/m1/s1. The minimum Gasteiger partial charge on any atom is -0.488 e. The van der Waals surface area contributed by atoms with Crippen LogP contribution in [0.4, 0.5) is 0 Å². The van der Waals surface area contributed by atoms with Gasteiger partial charge in [0.25, 0.3) is 0 Å². The van der Waals surface area contributed by atoms with Crippen LogP contribution >= 0.6 is 11.6 Å². The van der Waals surface area contributed by atoms with Gasteiger partial charge in [0.1, 0.15) is 18.4 Å². The molecule has 1 amide bonds. The lowest BCUT2D eigenvalue weighted by atomic mass is 9.89. The van der Waals surface area contributed by atoms with Crippen molar-refractivity contribution < 1.29 is 14.3 Å². The van der Waals surface area contributed by atoms with Gasteiger partial charge in [0.2, 0.25) is 5.91 Å². The number of imidazole rings is 1. The van der Waals surface area contributed by atoms with Gasteiger partial charge in [-0.15, -0.1) is 0 Å². The van der Waals surface area contributed by atoms with Crippen molar-refractivity contribution in [1.29, 1.82) is 0 Å². The highest BCUT2D eigenvalue weighted by Crippen LogP contribution is 2.36. The molecule has 2 atom stereocenters. The quantitative estimate of drug-likeness (QED) is 0.824. The summed E-state index contributed by atoms with van der Waals surface area (Å²) in [6.07, 6.45) is 7.82. The van der Waals surface area contributed by atoms with Crippen LogP contribution in [0.15, 0.2) is 43.0 Å². The van der Waals surface area contributed by atoms with Gasteiger partial charge in [-0.2, -0.15) is 0 Å². The number of benzene rings is 1. The third-order valence-corrected chi connectivity index (χ3v) is 5.28. The van der Waals surface area contributed by atoms with Crippen LogP contribution in [0, 0.1) is 0 Å². The van der Waals surface area contributed by atoms with Gasteiger partial charge in [-0.1, -0.05) is 17.7 Å². The van der Waals surface area contributed by atoms with Crippen molar-refractivity contribution in [2.75, 3.05) is 19.7 Å². The number of nitrogens with zero attached hydrogens (tertiary/aromatic N) is 3. The van der Waals surface area contributed by atoms with E-state index in [1.54, 1.807) is 23.3 Å². The molecule has 7 heteroatoms. The Morgan fingerprint density at radius 1 is 1.46 bits per heavy atom. The summed E-state index contributed by atoms with van der Waals surface area (Å²) >= 11 is 6.02. The molecule has 0 aliphatic carbocycles. The fraction of sp³-hybridized carbons (Fsp3) is 0.474. The molecule has 1 aromatic carbocycles. The summed E-state index contributed by atoms with van der Waals surface area (Å²) in [5.41, 5.74) is -0.300. The van der Waals surface area contributed by atoms with Crippen LogP contribution in [0.2, 0.25) is 5.02 Å². The molecule has 0 bridgehead atoms. The van der Waals surface area contributed by atoms with E-state index in [9.17, 15) is 4.79 Å². The molecule has 0 saturated carbocycles. The molecule has 2 aliphatic rings. The van der Waals surface area contributed by atoms with Crippen molar-refractivity contribution >= 4 is 17.5 Å². The number of hydrogen-bond acceptors (Lipinski definition) is 4. The van der Waals surface area contributed by atoms with Gasteiger partial charge in [-0.25, -0.2) is 4.98 Å². The Bertz CT molecular complexity index is 767. The molecule has 0 unspecified atom stereocenters. The largest absolute Gasteiger partial charge is 0.488 e. The van der Waals surface area contributed by atoms with Crippen molar-refractivity contribution in [2.24, 2.45) is 0 Å². The second kappa shape index (κ2) is 7.29. The second-order valence-electron chi connectivity index (χ2n) is 7.05. The fourth-order valence-electron chi connectivity index (χ4n) is 3.84. The molecule has 138 valence electrons. The lowest BCUT2D eigenvalue weighted by molar-refractivity contribution is -0.139. The summed E-state index contributed by atoms with van der Waals surface area (Å²) in [5, 5.41) is 0.657. The van der Waals surface area contributed by atoms with Crippen LogP contribution in [0.25, 0.3) is 0 Å². The van der Waals surface area contributed by atoms with Crippen LogP contribution in [0.1, 0.15) is 19.3 Å². The van der Waals surface area contributed by atoms with E-state index in [0.717, 1.165) is 31.6 Å². The molecule has 1 aromatic heterocycles. The van der Waals surface area contributed by atoms with Gasteiger partial charge < -0.3 is 18.9 Å². The molecule has 1 spiro atoms. The second-order valence-corrected chi connectivity index (χ2v) is 7.49. The van der Waals surface area contributed by atoms with Crippen molar-refractivity contribution in [3.63, 3.8) is 0 Å². The van der Waals surface area contributed by atoms with Crippen LogP contribution in [0.5, 0.6) is 5.75 Å². The number of likely N-dealkylation sites (tertiary alicyclic amines) is 1. The summed E-state index contributed by atoms with van der Waals surface area (Å²) in [6, 6.07) is 7.42. The van der Waals surface area contributed by atoms with Gasteiger partial charge >= 0.3 is 0 Å². The minimum atomic E-state index is -0.300. The molecule has 4 rings (SSSR count). The van der Waals surface area contributed by atoms with Crippen molar-refractivity contribution in [3.05, 3.63) is 48.0 Å². The monoisotopic (exact) mass is 375 g/mol. The van der Waals surface area contributed by atoms with Crippen LogP contribution in [-0.2, 0) is 16.1 Å². The van der Waals surface area contributed by atoms with Gasteiger partial charge in [0.05, 0.1) is 18.5 Å². The molecule has 2 aliphatic heterocycles. The van der Waals surface area contributed by atoms with Gasteiger partial charge in [-0.05, 0) is 31.0 Å². The van der Waals surface area contributed by atoms with Crippen molar-refractivity contribution in [1.82, 2.24) is 14.5 Å². The number of piperidine rings is 1. The zero-order valence-corrected chi connectivity index (χ0v) is 15.3. The maximum atomic E-state index is 12.6. The number of carbonyl (C=O) groups is 1. The zero-order chi connectivity index (χ0) is 18.0. The van der Waals surface area contributed by atoms with E-state index < -0.39 is 0 Å². The normalized spacial score (nSPS) is 25.6. The minimum absolute atomic E-state index is 0.0165. The van der Waals surface area contributed by atoms with E-state index in [1.165, 1.54) is 0 Å². The number of rotatable bonds is 4. The topological polar surface area (TPSA) is 56.6 Å². The SMILES string of the molecule is O=C(Cn1ccnc1)N1CCC[C@@]2(C[C@@H](Oc3cccc(Cl)c3)CO2)C1. The first-order valence-electron chi connectivity index (χ1n) is 8.92. The van der Waals surface area contributed by atoms with Crippen molar-refractivity contribution in [2.45, 2.75) is 37.5 Å². The number of hydrogen-bond donors (Lipinski definition) is 0. The van der Waals surface area contributed by atoms with Gasteiger partial charge in [0, 0.05) is 36.9 Å². The summed E-state index contributed by atoms with van der Waals surface area (Å²) in [5.74, 6) is 0.858. The maximum absolute atomic E-state index is 12.6. The Morgan fingerprint density at radius 2 is 2.38 bits per heavy atom. The number of amides is 1. The van der Waals surface area contributed by atoms with Crippen LogP contribution < -0.4 is 4.74 Å². The van der Waals surface area contributed by atoms with E-state index in [-0.39, 0.29) is 17.6 Å². The summed E-state index contributed by atoms with van der Waals surface area (Å²) in [7, 11) is 0. The molecular weight excluding hydrogens is 354 g/mol. The van der Waals surface area contributed by atoms with E-state index in [0.29, 0.717) is 24.7 Å². The molecule has 2 fully saturated rings. The Balaban J connectivity index is 1.37. The molecule has 2 saturated heterocycles. The Hall–Kier alpha value is -2.05. The van der Waals surface area contributed by atoms with E-state index in [4.69, 9.17) is 21.1 Å². The molecule has 0 radical (unpaired) electrons. The predicted molar refractivity (Wildman–Crippen MR) is 97.2 cm³/mol. The van der Waals surface area contributed by atoms with Crippen molar-refractivity contribution in [3.8, 4) is 5.75 Å². The number of ether oxygens (including phenoxy) is 2. The molecule has 2 aromatic rings. The lowest BCUT2D eigenvalue weighted by Gasteiger charge is -2.39. The zero-order valence-electron chi connectivity index (χ0n) is 14.5. The summed E-state index contributed by atoms with van der Waals surface area (Å²) in [6.45, 7) is 2.25. The number of carbonyl (C=O) groups excluding carboxylic acids is 1. The van der Waals surface area contributed by atoms with E-state index in [1.807, 2.05) is 29.2 Å².